The van der Waals surface area contributed by atoms with E-state index < -0.39 is 11.6 Å². The molecular weight excluding hydrogens is 372 g/mol. The standard InChI is InChI=1S/C22H23F2N5/c1-15-5-3-8-19(16(15)2)28-11-13-29(14-12-28)22-25-10-9-20(27-22)26-21-17(23)6-4-7-18(21)24/h3-10H,11-14H2,1-2H3,(H,25,26,27). The van der Waals surface area contributed by atoms with E-state index in [1.165, 1.54) is 35.0 Å². The van der Waals surface area contributed by atoms with Crippen LogP contribution >= 0.6 is 0 Å². The number of piperazine rings is 1. The number of halogens is 2. The molecule has 0 radical (unpaired) electrons. The number of rotatable bonds is 4. The molecule has 7 heteroatoms. The minimum atomic E-state index is -0.660. The second kappa shape index (κ2) is 8.03. The summed E-state index contributed by atoms with van der Waals surface area (Å²) in [6.07, 6.45) is 1.60. The van der Waals surface area contributed by atoms with E-state index in [-0.39, 0.29) is 5.69 Å². The van der Waals surface area contributed by atoms with Crippen LogP contribution in [0.15, 0.2) is 48.7 Å². The summed E-state index contributed by atoms with van der Waals surface area (Å²) in [7, 11) is 0. The predicted molar refractivity (Wildman–Crippen MR) is 112 cm³/mol. The van der Waals surface area contributed by atoms with Gasteiger partial charge in [-0.05, 0) is 49.2 Å². The van der Waals surface area contributed by atoms with Crippen molar-refractivity contribution in [1.82, 2.24) is 9.97 Å². The fraction of sp³-hybridized carbons (Fsp3) is 0.273. The van der Waals surface area contributed by atoms with Gasteiger partial charge in [-0.15, -0.1) is 0 Å². The molecule has 1 aromatic heterocycles. The molecule has 1 fully saturated rings. The van der Waals surface area contributed by atoms with Crippen molar-refractivity contribution in [2.24, 2.45) is 0 Å². The minimum Gasteiger partial charge on any atom is -0.368 e. The number of nitrogens with one attached hydrogen (secondary N) is 1. The van der Waals surface area contributed by atoms with Crippen LogP contribution in [0.5, 0.6) is 0 Å². The van der Waals surface area contributed by atoms with E-state index in [0.717, 1.165) is 26.2 Å². The van der Waals surface area contributed by atoms with Crippen molar-refractivity contribution < 1.29 is 8.78 Å². The van der Waals surface area contributed by atoms with Crippen molar-refractivity contribution >= 4 is 23.1 Å². The highest BCUT2D eigenvalue weighted by atomic mass is 19.1. The maximum atomic E-state index is 13.9. The third-order valence-electron chi connectivity index (χ3n) is 5.34. The maximum Gasteiger partial charge on any atom is 0.227 e. The molecule has 0 amide bonds. The smallest absolute Gasteiger partial charge is 0.227 e. The first-order chi connectivity index (χ1) is 14.0. The normalized spacial score (nSPS) is 14.2. The van der Waals surface area contributed by atoms with Gasteiger partial charge in [0.25, 0.3) is 0 Å². The van der Waals surface area contributed by atoms with Gasteiger partial charge in [0.15, 0.2) is 0 Å². The average molecular weight is 395 g/mol. The Morgan fingerprint density at radius 2 is 1.52 bits per heavy atom. The van der Waals surface area contributed by atoms with Gasteiger partial charge >= 0.3 is 0 Å². The Bertz CT molecular complexity index is 996. The molecule has 0 bridgehead atoms. The average Bonchev–Trinajstić information content (AvgIpc) is 2.73. The first-order valence-corrected chi connectivity index (χ1v) is 9.63. The number of hydrogen-bond acceptors (Lipinski definition) is 5. The van der Waals surface area contributed by atoms with Crippen LogP contribution in [0.25, 0.3) is 0 Å². The van der Waals surface area contributed by atoms with Crippen LogP contribution in [-0.4, -0.2) is 36.1 Å². The SMILES string of the molecule is Cc1cccc(N2CCN(c3nccc(Nc4c(F)cccc4F)n3)CC2)c1C. The first kappa shape index (κ1) is 19.1. The van der Waals surface area contributed by atoms with Gasteiger partial charge < -0.3 is 15.1 Å². The van der Waals surface area contributed by atoms with E-state index in [9.17, 15) is 8.78 Å². The third kappa shape index (κ3) is 3.99. The van der Waals surface area contributed by atoms with Crippen LogP contribution < -0.4 is 15.1 Å². The summed E-state index contributed by atoms with van der Waals surface area (Å²) in [4.78, 5) is 13.3. The van der Waals surface area contributed by atoms with E-state index in [1.807, 2.05) is 0 Å². The summed E-state index contributed by atoms with van der Waals surface area (Å²) >= 11 is 0. The number of hydrogen-bond donors (Lipinski definition) is 1. The van der Waals surface area contributed by atoms with E-state index in [4.69, 9.17) is 0 Å². The predicted octanol–water partition coefficient (Wildman–Crippen LogP) is 4.44. The van der Waals surface area contributed by atoms with Crippen LogP contribution in [0.2, 0.25) is 0 Å². The lowest BCUT2D eigenvalue weighted by atomic mass is 10.1. The van der Waals surface area contributed by atoms with Gasteiger partial charge in [0.1, 0.15) is 23.1 Å². The largest absolute Gasteiger partial charge is 0.368 e. The van der Waals surface area contributed by atoms with Crippen molar-refractivity contribution in [2.75, 3.05) is 41.3 Å². The van der Waals surface area contributed by atoms with Gasteiger partial charge in [0.05, 0.1) is 0 Å². The zero-order chi connectivity index (χ0) is 20.4. The molecule has 1 aliphatic rings. The highest BCUT2D eigenvalue weighted by Crippen LogP contribution is 2.26. The Morgan fingerprint density at radius 3 is 2.24 bits per heavy atom. The lowest BCUT2D eigenvalue weighted by Crippen LogP contribution is -2.47. The third-order valence-corrected chi connectivity index (χ3v) is 5.34. The summed E-state index contributed by atoms with van der Waals surface area (Å²) in [5, 5.41) is 2.73. The Labute approximate surface area is 169 Å². The van der Waals surface area contributed by atoms with Crippen LogP contribution in [-0.2, 0) is 0 Å². The van der Waals surface area contributed by atoms with Gasteiger partial charge in [0, 0.05) is 38.1 Å². The fourth-order valence-electron chi connectivity index (χ4n) is 3.54. The molecule has 5 nitrogen and oxygen atoms in total. The summed E-state index contributed by atoms with van der Waals surface area (Å²) in [6, 6.07) is 11.7. The van der Waals surface area contributed by atoms with Gasteiger partial charge in [-0.3, -0.25) is 0 Å². The number of para-hydroxylation sites is 1. The van der Waals surface area contributed by atoms with E-state index in [1.54, 1.807) is 12.3 Å². The topological polar surface area (TPSA) is 44.3 Å². The molecule has 1 N–H and O–H groups in total. The van der Waals surface area contributed by atoms with Crippen LogP contribution in [0, 0.1) is 25.5 Å². The van der Waals surface area contributed by atoms with Crippen molar-refractivity contribution in [3.05, 3.63) is 71.4 Å². The minimum absolute atomic E-state index is 0.211. The number of aryl methyl sites for hydroxylation is 1. The second-order valence-corrected chi connectivity index (χ2v) is 7.16. The number of benzene rings is 2. The van der Waals surface area contributed by atoms with Crippen molar-refractivity contribution in [3.8, 4) is 0 Å². The summed E-state index contributed by atoms with van der Waals surface area (Å²) in [5.41, 5.74) is 3.63. The van der Waals surface area contributed by atoms with Crippen LogP contribution in [0.3, 0.4) is 0 Å². The molecule has 0 saturated carbocycles. The van der Waals surface area contributed by atoms with E-state index in [2.05, 4.69) is 57.1 Å². The highest BCUT2D eigenvalue weighted by molar-refractivity contribution is 5.59. The molecule has 0 aliphatic carbocycles. The summed E-state index contributed by atoms with van der Waals surface area (Å²) in [6.45, 7) is 7.52. The molecule has 29 heavy (non-hydrogen) atoms. The molecule has 0 spiro atoms. The Morgan fingerprint density at radius 1 is 0.862 bits per heavy atom. The molecule has 1 aliphatic heterocycles. The molecule has 0 unspecified atom stereocenters. The molecular formula is C22H23F2N5. The molecule has 4 rings (SSSR count). The lowest BCUT2D eigenvalue weighted by molar-refractivity contribution is 0.590. The molecule has 2 heterocycles. The Hall–Kier alpha value is -3.22. The van der Waals surface area contributed by atoms with Crippen molar-refractivity contribution in [2.45, 2.75) is 13.8 Å². The van der Waals surface area contributed by atoms with E-state index in [0.29, 0.717) is 11.8 Å². The summed E-state index contributed by atoms with van der Waals surface area (Å²) < 4.78 is 27.8. The quantitative estimate of drug-likeness (QED) is 0.708. The van der Waals surface area contributed by atoms with Crippen LogP contribution in [0.1, 0.15) is 11.1 Å². The van der Waals surface area contributed by atoms with Gasteiger partial charge in [0.2, 0.25) is 5.95 Å². The zero-order valence-electron chi connectivity index (χ0n) is 16.5. The van der Waals surface area contributed by atoms with Gasteiger partial charge in [-0.2, -0.15) is 4.98 Å². The number of aromatic nitrogens is 2. The first-order valence-electron chi connectivity index (χ1n) is 9.63. The highest BCUT2D eigenvalue weighted by Gasteiger charge is 2.21. The van der Waals surface area contributed by atoms with Gasteiger partial charge in [-0.25, -0.2) is 13.8 Å². The fourth-order valence-corrected chi connectivity index (χ4v) is 3.54. The second-order valence-electron chi connectivity index (χ2n) is 7.16. The summed E-state index contributed by atoms with van der Waals surface area (Å²) in [5.74, 6) is -0.414. The van der Waals surface area contributed by atoms with Crippen molar-refractivity contribution in [3.63, 3.8) is 0 Å². The molecule has 2 aromatic carbocycles. The molecule has 150 valence electrons. The number of nitrogens with zero attached hydrogens (tertiary/aromatic N) is 4. The Kier molecular flexibility index (Phi) is 5.29. The zero-order valence-corrected chi connectivity index (χ0v) is 16.5. The van der Waals surface area contributed by atoms with Gasteiger partial charge in [-0.1, -0.05) is 18.2 Å². The molecule has 1 saturated heterocycles. The number of anilines is 4. The Balaban J connectivity index is 1.47. The lowest BCUT2D eigenvalue weighted by Gasteiger charge is -2.37. The van der Waals surface area contributed by atoms with Crippen LogP contribution in [0.4, 0.5) is 31.9 Å². The molecule has 3 aromatic rings. The van der Waals surface area contributed by atoms with E-state index >= 15 is 0 Å². The molecule has 0 atom stereocenters. The van der Waals surface area contributed by atoms with Crippen molar-refractivity contribution in [1.29, 1.82) is 0 Å². The maximum absolute atomic E-state index is 13.9. The monoisotopic (exact) mass is 395 g/mol.